The van der Waals surface area contributed by atoms with Gasteiger partial charge in [-0.05, 0) is 60.5 Å². The molecule has 1 N–H and O–H groups in total. The topological polar surface area (TPSA) is 24.9 Å². The lowest BCUT2D eigenvalue weighted by Gasteiger charge is -2.29. The van der Waals surface area contributed by atoms with Gasteiger partial charge in [-0.3, -0.25) is 0 Å². The first-order valence-corrected chi connectivity index (χ1v) is 8.19. The molecular weight excluding hydrogens is 296 g/mol. The van der Waals surface area contributed by atoms with E-state index >= 15 is 0 Å². The van der Waals surface area contributed by atoms with Gasteiger partial charge in [-0.1, -0.05) is 6.42 Å². The first-order chi connectivity index (χ1) is 8.19. The van der Waals surface area contributed by atoms with Crippen molar-refractivity contribution in [3.8, 4) is 0 Å². The van der Waals surface area contributed by atoms with E-state index < -0.39 is 0 Å². The summed E-state index contributed by atoms with van der Waals surface area (Å²) < 4.78 is 1.08. The van der Waals surface area contributed by atoms with Gasteiger partial charge in [-0.25, -0.2) is 4.98 Å². The van der Waals surface area contributed by atoms with Crippen molar-refractivity contribution in [2.24, 2.45) is 0 Å². The van der Waals surface area contributed by atoms with E-state index in [1.165, 1.54) is 25.7 Å². The second-order valence-electron chi connectivity index (χ2n) is 4.63. The Morgan fingerprint density at radius 2 is 2.24 bits per heavy atom. The number of hydrogen-bond donors (Lipinski definition) is 1. The van der Waals surface area contributed by atoms with Crippen molar-refractivity contribution in [2.45, 2.75) is 43.9 Å². The molecule has 0 amide bonds. The molecular formula is C13H19BrN2S. The Balaban J connectivity index is 1.97. The third kappa shape index (κ3) is 3.62. The van der Waals surface area contributed by atoms with Crippen LogP contribution in [0.1, 0.15) is 31.4 Å². The van der Waals surface area contributed by atoms with E-state index in [0.29, 0.717) is 6.04 Å². The molecule has 0 spiro atoms. The number of hydrogen-bond acceptors (Lipinski definition) is 3. The van der Waals surface area contributed by atoms with Gasteiger partial charge in [0.05, 0.1) is 5.69 Å². The van der Waals surface area contributed by atoms with E-state index in [2.05, 4.69) is 44.6 Å². The van der Waals surface area contributed by atoms with Crippen molar-refractivity contribution in [3.05, 3.63) is 22.3 Å². The lowest BCUT2D eigenvalue weighted by atomic mass is 9.95. The van der Waals surface area contributed by atoms with Crippen LogP contribution in [0.4, 0.5) is 5.82 Å². The van der Waals surface area contributed by atoms with Crippen LogP contribution in [0.3, 0.4) is 0 Å². The molecule has 0 aromatic carbocycles. The predicted octanol–water partition coefficient (Wildman–Crippen LogP) is 4.24. The van der Waals surface area contributed by atoms with Crippen molar-refractivity contribution < 1.29 is 0 Å². The molecule has 2 rings (SSSR count). The van der Waals surface area contributed by atoms with E-state index in [1.807, 2.05) is 18.7 Å². The molecule has 0 saturated heterocycles. The Kier molecular flexibility index (Phi) is 4.74. The summed E-state index contributed by atoms with van der Waals surface area (Å²) in [6.45, 7) is 2.03. The first-order valence-electron chi connectivity index (χ1n) is 6.11. The Labute approximate surface area is 116 Å². The maximum atomic E-state index is 4.55. The monoisotopic (exact) mass is 314 g/mol. The average Bonchev–Trinajstić information content (AvgIpc) is 2.34. The number of anilines is 1. The molecule has 17 heavy (non-hydrogen) atoms. The van der Waals surface area contributed by atoms with Gasteiger partial charge in [0.1, 0.15) is 5.82 Å². The van der Waals surface area contributed by atoms with E-state index in [9.17, 15) is 0 Å². The molecule has 1 heterocycles. The molecule has 1 aliphatic rings. The summed E-state index contributed by atoms with van der Waals surface area (Å²) in [6.07, 6.45) is 7.45. The molecule has 0 bridgehead atoms. The van der Waals surface area contributed by atoms with Crippen molar-refractivity contribution in [1.29, 1.82) is 0 Å². The summed E-state index contributed by atoms with van der Waals surface area (Å²) >= 11 is 5.48. The van der Waals surface area contributed by atoms with Gasteiger partial charge in [0, 0.05) is 15.8 Å². The van der Waals surface area contributed by atoms with E-state index in [-0.39, 0.29) is 0 Å². The van der Waals surface area contributed by atoms with Gasteiger partial charge < -0.3 is 5.32 Å². The smallest absolute Gasteiger partial charge is 0.126 e. The molecule has 2 atom stereocenters. The normalized spacial score (nSPS) is 24.6. The maximum absolute atomic E-state index is 4.55. The van der Waals surface area contributed by atoms with Gasteiger partial charge in [-0.2, -0.15) is 11.8 Å². The fraction of sp³-hybridized carbons (Fsp3) is 0.615. The second kappa shape index (κ2) is 6.10. The number of halogens is 1. The molecule has 0 aliphatic heterocycles. The summed E-state index contributed by atoms with van der Waals surface area (Å²) in [4.78, 5) is 4.55. The Bertz CT molecular complexity index is 384. The molecule has 1 saturated carbocycles. The Morgan fingerprint density at radius 1 is 1.41 bits per heavy atom. The van der Waals surface area contributed by atoms with E-state index in [1.54, 1.807) is 0 Å². The highest BCUT2D eigenvalue weighted by molar-refractivity contribution is 9.10. The first kappa shape index (κ1) is 13.2. The van der Waals surface area contributed by atoms with Crippen LogP contribution >= 0.6 is 27.7 Å². The van der Waals surface area contributed by atoms with Crippen LogP contribution in [0.25, 0.3) is 0 Å². The number of aromatic nitrogens is 1. The third-order valence-corrected chi connectivity index (χ3v) is 5.27. The van der Waals surface area contributed by atoms with Crippen molar-refractivity contribution >= 4 is 33.5 Å². The zero-order valence-corrected chi connectivity index (χ0v) is 12.8. The summed E-state index contributed by atoms with van der Waals surface area (Å²) in [5.41, 5.74) is 1.05. The molecule has 1 aromatic rings. The largest absolute Gasteiger partial charge is 0.367 e. The van der Waals surface area contributed by atoms with Crippen molar-refractivity contribution in [3.63, 3.8) is 0 Å². The van der Waals surface area contributed by atoms with Gasteiger partial charge >= 0.3 is 0 Å². The molecule has 1 aliphatic carbocycles. The third-order valence-electron chi connectivity index (χ3n) is 3.33. The van der Waals surface area contributed by atoms with Crippen molar-refractivity contribution in [2.75, 3.05) is 11.6 Å². The minimum absolute atomic E-state index is 0.592. The summed E-state index contributed by atoms with van der Waals surface area (Å²) in [7, 11) is 0. The van der Waals surface area contributed by atoms with E-state index in [0.717, 1.165) is 21.2 Å². The number of aryl methyl sites for hydroxylation is 1. The van der Waals surface area contributed by atoms with Crippen LogP contribution in [-0.4, -0.2) is 22.5 Å². The van der Waals surface area contributed by atoms with Gasteiger partial charge in [0.15, 0.2) is 0 Å². The van der Waals surface area contributed by atoms with Crippen molar-refractivity contribution in [1.82, 2.24) is 4.98 Å². The molecule has 94 valence electrons. The van der Waals surface area contributed by atoms with Gasteiger partial charge in [-0.15, -0.1) is 0 Å². The lowest BCUT2D eigenvalue weighted by Crippen LogP contribution is -2.28. The maximum Gasteiger partial charge on any atom is 0.126 e. The number of rotatable bonds is 3. The molecule has 2 nitrogen and oxygen atoms in total. The van der Waals surface area contributed by atoms with Crippen LogP contribution in [0.15, 0.2) is 16.6 Å². The predicted molar refractivity (Wildman–Crippen MR) is 79.9 cm³/mol. The lowest BCUT2D eigenvalue weighted by molar-refractivity contribution is 0.472. The Hall–Kier alpha value is -0.220. The fourth-order valence-electron chi connectivity index (χ4n) is 2.32. The number of thioether (sulfide) groups is 1. The van der Waals surface area contributed by atoms with E-state index in [4.69, 9.17) is 0 Å². The number of nitrogens with one attached hydrogen (secondary N) is 1. The van der Waals surface area contributed by atoms with Crippen LogP contribution in [0.2, 0.25) is 0 Å². The SMILES string of the molecule is CSC1CCCC(Nc2ccc(Br)c(C)n2)C1. The summed E-state index contributed by atoms with van der Waals surface area (Å²) in [6, 6.07) is 4.72. The zero-order valence-electron chi connectivity index (χ0n) is 10.4. The van der Waals surface area contributed by atoms with Gasteiger partial charge in [0.25, 0.3) is 0 Å². The van der Waals surface area contributed by atoms with Crippen LogP contribution in [0, 0.1) is 6.92 Å². The zero-order chi connectivity index (χ0) is 12.3. The van der Waals surface area contributed by atoms with Crippen LogP contribution in [-0.2, 0) is 0 Å². The van der Waals surface area contributed by atoms with Gasteiger partial charge in [0.2, 0.25) is 0 Å². The fourth-order valence-corrected chi connectivity index (χ4v) is 3.37. The quantitative estimate of drug-likeness (QED) is 0.903. The molecule has 4 heteroatoms. The number of nitrogens with zero attached hydrogens (tertiary/aromatic N) is 1. The highest BCUT2D eigenvalue weighted by Crippen LogP contribution is 2.28. The molecule has 1 fully saturated rings. The highest BCUT2D eigenvalue weighted by Gasteiger charge is 2.21. The Morgan fingerprint density at radius 3 is 2.94 bits per heavy atom. The molecule has 1 aromatic heterocycles. The molecule has 0 radical (unpaired) electrons. The second-order valence-corrected chi connectivity index (χ2v) is 6.62. The summed E-state index contributed by atoms with van der Waals surface area (Å²) in [5, 5.41) is 4.39. The molecule has 2 unspecified atom stereocenters. The van der Waals surface area contributed by atoms with Crippen LogP contribution < -0.4 is 5.32 Å². The standard InChI is InChI=1S/C13H19BrN2S/c1-9-12(14)6-7-13(15-9)16-10-4-3-5-11(8-10)17-2/h6-7,10-11H,3-5,8H2,1-2H3,(H,15,16). The highest BCUT2D eigenvalue weighted by atomic mass is 79.9. The summed E-state index contributed by atoms with van der Waals surface area (Å²) in [5.74, 6) is 1.01. The minimum atomic E-state index is 0.592. The number of pyridine rings is 1. The van der Waals surface area contributed by atoms with Crippen LogP contribution in [0.5, 0.6) is 0 Å². The average molecular weight is 315 g/mol. The minimum Gasteiger partial charge on any atom is -0.367 e.